The summed E-state index contributed by atoms with van der Waals surface area (Å²) in [7, 11) is 1.58. The maximum absolute atomic E-state index is 9.12. The van der Waals surface area contributed by atoms with Crippen LogP contribution in [0.1, 0.15) is 5.56 Å². The van der Waals surface area contributed by atoms with Crippen molar-refractivity contribution in [3.05, 3.63) is 46.4 Å². The van der Waals surface area contributed by atoms with Crippen molar-refractivity contribution in [3.63, 3.8) is 0 Å². The summed E-state index contributed by atoms with van der Waals surface area (Å²) in [5.41, 5.74) is 8.43. The summed E-state index contributed by atoms with van der Waals surface area (Å²) in [4.78, 5) is 0. The molecule has 0 unspecified atom stereocenters. The van der Waals surface area contributed by atoms with E-state index in [-0.39, 0.29) is 0 Å². The third-order valence-corrected chi connectivity index (χ3v) is 3.04. The highest BCUT2D eigenvalue weighted by Crippen LogP contribution is 2.28. The number of nitrogens with two attached hydrogens (primary N) is 1. The van der Waals surface area contributed by atoms with Gasteiger partial charge in [0.25, 0.3) is 0 Å². The number of ether oxygens (including phenoxy) is 1. The molecule has 0 spiro atoms. The van der Waals surface area contributed by atoms with Crippen LogP contribution in [0.4, 0.5) is 17.1 Å². The summed E-state index contributed by atoms with van der Waals surface area (Å²) in [6.45, 7) is 0. The number of halogens is 1. The Kier molecular flexibility index (Phi) is 3.93. The fourth-order valence-corrected chi connectivity index (χ4v) is 2.05. The van der Waals surface area contributed by atoms with E-state index in [0.29, 0.717) is 17.0 Å². The van der Waals surface area contributed by atoms with Crippen molar-refractivity contribution in [3.8, 4) is 11.8 Å². The Bertz CT molecular complexity index is 650. The molecule has 0 aliphatic rings. The Hall–Kier alpha value is -2.19. The van der Waals surface area contributed by atoms with Crippen LogP contribution in [-0.2, 0) is 0 Å². The third kappa shape index (κ3) is 3.18. The molecule has 0 saturated carbocycles. The summed E-state index contributed by atoms with van der Waals surface area (Å²) >= 11 is 3.34. The number of rotatable bonds is 3. The predicted molar refractivity (Wildman–Crippen MR) is 79.5 cm³/mol. The van der Waals surface area contributed by atoms with Crippen LogP contribution in [0.15, 0.2) is 40.9 Å². The zero-order valence-corrected chi connectivity index (χ0v) is 11.9. The van der Waals surface area contributed by atoms with Gasteiger partial charge in [0, 0.05) is 28.0 Å². The molecule has 0 aliphatic heterocycles. The number of nitrogens with zero attached hydrogens (tertiary/aromatic N) is 1. The number of hydrogen-bond donors (Lipinski definition) is 2. The number of methoxy groups -OCH3 is 1. The number of nitriles is 1. The van der Waals surface area contributed by atoms with Crippen molar-refractivity contribution in [1.29, 1.82) is 5.26 Å². The molecule has 0 aromatic heterocycles. The van der Waals surface area contributed by atoms with Gasteiger partial charge in [0.2, 0.25) is 0 Å². The first-order chi connectivity index (χ1) is 9.12. The summed E-state index contributed by atoms with van der Waals surface area (Å²) in [6, 6.07) is 12.9. The molecule has 0 amide bonds. The van der Waals surface area contributed by atoms with Crippen LogP contribution in [0, 0.1) is 11.3 Å². The molecule has 2 rings (SSSR count). The van der Waals surface area contributed by atoms with Gasteiger partial charge in [0.15, 0.2) is 0 Å². The van der Waals surface area contributed by atoms with Gasteiger partial charge < -0.3 is 15.8 Å². The first-order valence-electron chi connectivity index (χ1n) is 5.53. The largest absolute Gasteiger partial charge is 0.497 e. The lowest BCUT2D eigenvalue weighted by molar-refractivity contribution is 0.415. The van der Waals surface area contributed by atoms with E-state index >= 15 is 0 Å². The molecule has 0 fully saturated rings. The zero-order chi connectivity index (χ0) is 13.8. The molecule has 4 nitrogen and oxygen atoms in total. The SMILES string of the molecule is COc1cc(N)cc(Nc2ccc(Br)cc2C#N)c1. The molecule has 0 heterocycles. The van der Waals surface area contributed by atoms with Crippen molar-refractivity contribution in [2.45, 2.75) is 0 Å². The van der Waals surface area contributed by atoms with Gasteiger partial charge in [-0.15, -0.1) is 0 Å². The highest BCUT2D eigenvalue weighted by Gasteiger charge is 2.05. The van der Waals surface area contributed by atoms with Gasteiger partial charge in [-0.3, -0.25) is 0 Å². The number of anilines is 3. The molecule has 0 radical (unpaired) electrons. The molecule has 0 saturated heterocycles. The minimum Gasteiger partial charge on any atom is -0.497 e. The Balaban J connectivity index is 2.36. The zero-order valence-electron chi connectivity index (χ0n) is 10.3. The number of hydrogen-bond acceptors (Lipinski definition) is 4. The van der Waals surface area contributed by atoms with E-state index in [9.17, 15) is 0 Å². The van der Waals surface area contributed by atoms with E-state index in [0.717, 1.165) is 15.8 Å². The topological polar surface area (TPSA) is 71.1 Å². The van der Waals surface area contributed by atoms with Crippen LogP contribution >= 0.6 is 15.9 Å². The third-order valence-electron chi connectivity index (χ3n) is 2.55. The van der Waals surface area contributed by atoms with Gasteiger partial charge in [0.05, 0.1) is 18.4 Å². The van der Waals surface area contributed by atoms with Crippen LogP contribution < -0.4 is 15.8 Å². The molecule has 3 N–H and O–H groups in total. The van der Waals surface area contributed by atoms with Crippen molar-refractivity contribution >= 4 is 33.0 Å². The van der Waals surface area contributed by atoms with E-state index < -0.39 is 0 Å². The van der Waals surface area contributed by atoms with Crippen molar-refractivity contribution < 1.29 is 4.74 Å². The Morgan fingerprint density at radius 3 is 2.74 bits per heavy atom. The summed E-state index contributed by atoms with van der Waals surface area (Å²) in [5.74, 6) is 0.665. The van der Waals surface area contributed by atoms with Gasteiger partial charge in [0.1, 0.15) is 11.8 Å². The minimum atomic E-state index is 0.552. The van der Waals surface area contributed by atoms with Crippen LogP contribution in [0.5, 0.6) is 5.75 Å². The lowest BCUT2D eigenvalue weighted by Gasteiger charge is -2.11. The van der Waals surface area contributed by atoms with Crippen molar-refractivity contribution in [2.24, 2.45) is 0 Å². The van der Waals surface area contributed by atoms with Gasteiger partial charge >= 0.3 is 0 Å². The molecule has 0 aliphatic carbocycles. The highest BCUT2D eigenvalue weighted by atomic mass is 79.9. The van der Waals surface area contributed by atoms with Crippen molar-refractivity contribution in [2.75, 3.05) is 18.2 Å². The lowest BCUT2D eigenvalue weighted by atomic mass is 10.2. The van der Waals surface area contributed by atoms with Crippen LogP contribution in [0.2, 0.25) is 0 Å². The second kappa shape index (κ2) is 5.63. The quantitative estimate of drug-likeness (QED) is 0.847. The second-order valence-electron chi connectivity index (χ2n) is 3.92. The van der Waals surface area contributed by atoms with E-state index in [1.807, 2.05) is 18.2 Å². The number of benzene rings is 2. The van der Waals surface area contributed by atoms with Gasteiger partial charge in [-0.25, -0.2) is 0 Å². The average Bonchev–Trinajstić information content (AvgIpc) is 2.40. The molecule has 96 valence electrons. The van der Waals surface area contributed by atoms with Gasteiger partial charge in [-0.1, -0.05) is 15.9 Å². The number of nitrogens with one attached hydrogen (secondary N) is 1. The Morgan fingerprint density at radius 1 is 1.26 bits per heavy atom. The van der Waals surface area contributed by atoms with Crippen LogP contribution in [0.3, 0.4) is 0 Å². The monoisotopic (exact) mass is 317 g/mol. The fraction of sp³-hybridized carbons (Fsp3) is 0.0714. The molecule has 2 aromatic carbocycles. The van der Waals surface area contributed by atoms with E-state index in [2.05, 4.69) is 27.3 Å². The Morgan fingerprint density at radius 2 is 2.05 bits per heavy atom. The standard InChI is InChI=1S/C14H12BrN3O/c1-19-13-6-11(17)5-12(7-13)18-14-3-2-10(15)4-9(14)8-16/h2-7,18H,17H2,1H3. The Labute approximate surface area is 119 Å². The molecule has 5 heteroatoms. The second-order valence-corrected chi connectivity index (χ2v) is 4.84. The smallest absolute Gasteiger partial charge is 0.122 e. The molecule has 19 heavy (non-hydrogen) atoms. The van der Waals surface area contributed by atoms with Gasteiger partial charge in [-0.2, -0.15) is 5.26 Å². The fourth-order valence-electron chi connectivity index (χ4n) is 1.69. The highest BCUT2D eigenvalue weighted by molar-refractivity contribution is 9.10. The maximum atomic E-state index is 9.12. The van der Waals surface area contributed by atoms with E-state index in [1.165, 1.54) is 0 Å². The summed E-state index contributed by atoms with van der Waals surface area (Å²) < 4.78 is 6.02. The summed E-state index contributed by atoms with van der Waals surface area (Å²) in [5, 5.41) is 12.3. The van der Waals surface area contributed by atoms with Crippen LogP contribution in [-0.4, -0.2) is 7.11 Å². The predicted octanol–water partition coefficient (Wildman–Crippen LogP) is 3.66. The molecule has 0 atom stereocenters. The minimum absolute atomic E-state index is 0.552. The van der Waals surface area contributed by atoms with Crippen molar-refractivity contribution in [1.82, 2.24) is 0 Å². The molecular weight excluding hydrogens is 306 g/mol. The van der Waals surface area contributed by atoms with E-state index in [4.69, 9.17) is 15.7 Å². The first-order valence-corrected chi connectivity index (χ1v) is 6.33. The molecule has 2 aromatic rings. The van der Waals surface area contributed by atoms with Gasteiger partial charge in [-0.05, 0) is 24.3 Å². The molecule has 0 bridgehead atoms. The number of nitrogen functional groups attached to an aromatic ring is 1. The first kappa shape index (κ1) is 13.2. The maximum Gasteiger partial charge on any atom is 0.122 e. The normalized spacial score (nSPS) is 9.74. The average molecular weight is 318 g/mol. The lowest BCUT2D eigenvalue weighted by Crippen LogP contribution is -1.96. The molecular formula is C14H12BrN3O. The van der Waals surface area contributed by atoms with E-state index in [1.54, 1.807) is 25.3 Å². The summed E-state index contributed by atoms with van der Waals surface area (Å²) in [6.07, 6.45) is 0. The van der Waals surface area contributed by atoms with Crippen LogP contribution in [0.25, 0.3) is 0 Å².